The Hall–Kier alpha value is -0.410. The summed E-state index contributed by atoms with van der Waals surface area (Å²) in [6, 6.07) is -0.106. The van der Waals surface area contributed by atoms with E-state index in [4.69, 9.17) is 4.74 Å². The minimum Gasteiger partial charge on any atom is -0.383 e. The van der Waals surface area contributed by atoms with Crippen LogP contribution in [0, 0.1) is 5.41 Å². The SMILES string of the molecule is CCN(CC)[C@H](COC)C(=O)C(C)(C)C. The maximum Gasteiger partial charge on any atom is 0.157 e. The number of rotatable bonds is 6. The molecule has 0 bridgehead atoms. The maximum atomic E-state index is 12.2. The molecule has 3 nitrogen and oxygen atoms in total. The van der Waals surface area contributed by atoms with Crippen molar-refractivity contribution in [3.05, 3.63) is 0 Å². The van der Waals surface area contributed by atoms with Gasteiger partial charge in [-0.2, -0.15) is 0 Å². The van der Waals surface area contributed by atoms with Crippen molar-refractivity contribution in [3.8, 4) is 0 Å². The van der Waals surface area contributed by atoms with Gasteiger partial charge < -0.3 is 4.74 Å². The van der Waals surface area contributed by atoms with E-state index in [2.05, 4.69) is 18.7 Å². The average molecular weight is 215 g/mol. The molecule has 0 rings (SSSR count). The van der Waals surface area contributed by atoms with Crippen molar-refractivity contribution in [2.45, 2.75) is 40.7 Å². The molecule has 90 valence electrons. The first kappa shape index (κ1) is 14.6. The molecule has 0 saturated heterocycles. The Morgan fingerprint density at radius 2 is 1.73 bits per heavy atom. The van der Waals surface area contributed by atoms with Crippen LogP contribution in [0.25, 0.3) is 0 Å². The fourth-order valence-corrected chi connectivity index (χ4v) is 1.67. The third-order valence-corrected chi connectivity index (χ3v) is 2.62. The lowest BCUT2D eigenvalue weighted by molar-refractivity contribution is -0.133. The molecular weight excluding hydrogens is 190 g/mol. The average Bonchev–Trinajstić information content (AvgIpc) is 2.16. The van der Waals surface area contributed by atoms with Gasteiger partial charge in [0.25, 0.3) is 0 Å². The lowest BCUT2D eigenvalue weighted by Crippen LogP contribution is -2.48. The number of ether oxygens (including phenoxy) is 1. The van der Waals surface area contributed by atoms with Crippen molar-refractivity contribution in [1.29, 1.82) is 0 Å². The first-order valence-corrected chi connectivity index (χ1v) is 5.65. The summed E-state index contributed by atoms with van der Waals surface area (Å²) in [5.74, 6) is 0.257. The highest BCUT2D eigenvalue weighted by atomic mass is 16.5. The van der Waals surface area contributed by atoms with Crippen LogP contribution in [-0.2, 0) is 9.53 Å². The molecule has 0 heterocycles. The van der Waals surface area contributed by atoms with Gasteiger partial charge in [0.05, 0.1) is 12.6 Å². The Morgan fingerprint density at radius 1 is 1.27 bits per heavy atom. The quantitative estimate of drug-likeness (QED) is 0.678. The fourth-order valence-electron chi connectivity index (χ4n) is 1.67. The molecule has 3 heteroatoms. The smallest absolute Gasteiger partial charge is 0.157 e. The molecule has 0 saturated carbocycles. The molecule has 0 aliphatic rings. The van der Waals surface area contributed by atoms with Crippen LogP contribution < -0.4 is 0 Å². The number of hydrogen-bond donors (Lipinski definition) is 0. The van der Waals surface area contributed by atoms with E-state index < -0.39 is 0 Å². The van der Waals surface area contributed by atoms with E-state index in [1.54, 1.807) is 7.11 Å². The Morgan fingerprint density at radius 3 is 2.00 bits per heavy atom. The number of likely N-dealkylation sites (N-methyl/N-ethyl adjacent to an activating group) is 1. The molecule has 0 amide bonds. The normalized spacial score (nSPS) is 14.3. The van der Waals surface area contributed by atoms with Crippen LogP contribution in [0.15, 0.2) is 0 Å². The molecule has 0 aliphatic carbocycles. The van der Waals surface area contributed by atoms with Gasteiger partial charge in [-0.15, -0.1) is 0 Å². The number of nitrogens with zero attached hydrogens (tertiary/aromatic N) is 1. The van der Waals surface area contributed by atoms with Crippen LogP contribution in [0.2, 0.25) is 0 Å². The van der Waals surface area contributed by atoms with E-state index in [0.29, 0.717) is 6.61 Å². The van der Waals surface area contributed by atoms with Crippen molar-refractivity contribution in [3.63, 3.8) is 0 Å². The molecule has 0 radical (unpaired) electrons. The van der Waals surface area contributed by atoms with E-state index in [9.17, 15) is 4.79 Å². The minimum absolute atomic E-state index is 0.106. The molecule has 0 aromatic heterocycles. The van der Waals surface area contributed by atoms with Gasteiger partial charge in [0.1, 0.15) is 0 Å². The summed E-state index contributed by atoms with van der Waals surface area (Å²) in [6.45, 7) is 12.3. The zero-order valence-corrected chi connectivity index (χ0v) is 11.0. The summed E-state index contributed by atoms with van der Waals surface area (Å²) in [5.41, 5.74) is -0.300. The molecular formula is C12H25NO2. The summed E-state index contributed by atoms with van der Waals surface area (Å²) in [6.07, 6.45) is 0. The van der Waals surface area contributed by atoms with Crippen LogP contribution in [0.5, 0.6) is 0 Å². The number of methoxy groups -OCH3 is 1. The van der Waals surface area contributed by atoms with Crippen LogP contribution in [0.3, 0.4) is 0 Å². The molecule has 0 spiro atoms. The summed E-state index contributed by atoms with van der Waals surface area (Å²) < 4.78 is 5.14. The molecule has 0 aromatic rings. The first-order valence-electron chi connectivity index (χ1n) is 5.65. The summed E-state index contributed by atoms with van der Waals surface area (Å²) in [5, 5.41) is 0. The predicted molar refractivity (Wildman–Crippen MR) is 63.0 cm³/mol. The van der Waals surface area contributed by atoms with Crippen molar-refractivity contribution >= 4 is 5.78 Å². The third kappa shape index (κ3) is 4.31. The highest BCUT2D eigenvalue weighted by Gasteiger charge is 2.32. The number of hydrogen-bond acceptors (Lipinski definition) is 3. The second-order valence-electron chi connectivity index (χ2n) is 4.81. The molecule has 0 fully saturated rings. The Labute approximate surface area is 93.8 Å². The molecule has 0 unspecified atom stereocenters. The van der Waals surface area contributed by atoms with E-state index >= 15 is 0 Å². The van der Waals surface area contributed by atoms with Crippen LogP contribution in [-0.4, -0.2) is 43.5 Å². The summed E-state index contributed by atoms with van der Waals surface area (Å²) in [7, 11) is 1.65. The largest absolute Gasteiger partial charge is 0.383 e. The lowest BCUT2D eigenvalue weighted by Gasteiger charge is -2.32. The second kappa shape index (κ2) is 6.23. The van der Waals surface area contributed by atoms with Crippen LogP contribution >= 0.6 is 0 Å². The van der Waals surface area contributed by atoms with Gasteiger partial charge in [0.15, 0.2) is 5.78 Å². The van der Waals surface area contributed by atoms with Crippen molar-refractivity contribution in [1.82, 2.24) is 4.90 Å². The van der Waals surface area contributed by atoms with Crippen LogP contribution in [0.1, 0.15) is 34.6 Å². The molecule has 1 atom stereocenters. The summed E-state index contributed by atoms with van der Waals surface area (Å²) in [4.78, 5) is 14.3. The van der Waals surface area contributed by atoms with Crippen LogP contribution in [0.4, 0.5) is 0 Å². The van der Waals surface area contributed by atoms with Crippen molar-refractivity contribution in [2.75, 3.05) is 26.8 Å². The second-order valence-corrected chi connectivity index (χ2v) is 4.81. The van der Waals surface area contributed by atoms with Gasteiger partial charge in [-0.25, -0.2) is 0 Å². The third-order valence-electron chi connectivity index (χ3n) is 2.62. The zero-order valence-electron chi connectivity index (χ0n) is 11.0. The van der Waals surface area contributed by atoms with Gasteiger partial charge in [-0.3, -0.25) is 9.69 Å². The molecule has 0 aromatic carbocycles. The van der Waals surface area contributed by atoms with Crippen molar-refractivity contribution < 1.29 is 9.53 Å². The number of carbonyl (C=O) groups is 1. The molecule has 0 aliphatic heterocycles. The van der Waals surface area contributed by atoms with E-state index in [0.717, 1.165) is 13.1 Å². The lowest BCUT2D eigenvalue weighted by atomic mass is 9.86. The van der Waals surface area contributed by atoms with E-state index in [1.165, 1.54) is 0 Å². The topological polar surface area (TPSA) is 29.5 Å². The van der Waals surface area contributed by atoms with Gasteiger partial charge in [0.2, 0.25) is 0 Å². The number of Topliss-reactive ketones (excluding diaryl/α,β-unsaturated/α-hetero) is 1. The monoisotopic (exact) mass is 215 g/mol. The Kier molecular flexibility index (Phi) is 6.06. The molecule has 15 heavy (non-hydrogen) atoms. The Balaban J connectivity index is 4.71. The fraction of sp³-hybridized carbons (Fsp3) is 0.917. The first-order chi connectivity index (χ1) is 6.88. The Bertz CT molecular complexity index is 192. The maximum absolute atomic E-state index is 12.2. The number of carbonyl (C=O) groups excluding carboxylic acids is 1. The van der Waals surface area contributed by atoms with Gasteiger partial charge in [0, 0.05) is 12.5 Å². The summed E-state index contributed by atoms with van der Waals surface area (Å²) >= 11 is 0. The zero-order chi connectivity index (χ0) is 12.1. The van der Waals surface area contributed by atoms with Gasteiger partial charge in [-0.1, -0.05) is 34.6 Å². The van der Waals surface area contributed by atoms with Gasteiger partial charge >= 0.3 is 0 Å². The molecule has 0 N–H and O–H groups in total. The van der Waals surface area contributed by atoms with Gasteiger partial charge in [-0.05, 0) is 13.1 Å². The number of ketones is 1. The minimum atomic E-state index is -0.300. The van der Waals surface area contributed by atoms with E-state index in [1.807, 2.05) is 20.8 Å². The standard InChI is InChI=1S/C12H25NO2/c1-7-13(8-2)10(9-15-6)11(14)12(3,4)5/h10H,7-9H2,1-6H3/t10-/m1/s1. The van der Waals surface area contributed by atoms with E-state index in [-0.39, 0.29) is 17.2 Å². The predicted octanol–water partition coefficient (Wildman–Crippen LogP) is 1.96. The van der Waals surface area contributed by atoms with Crippen molar-refractivity contribution in [2.24, 2.45) is 5.41 Å². The highest BCUT2D eigenvalue weighted by Crippen LogP contribution is 2.19. The highest BCUT2D eigenvalue weighted by molar-refractivity contribution is 5.88.